The third-order valence-corrected chi connectivity index (χ3v) is 3.99. The normalized spacial score (nSPS) is 19.4. The van der Waals surface area contributed by atoms with E-state index in [0.717, 1.165) is 25.7 Å². The van der Waals surface area contributed by atoms with Gasteiger partial charge in [-0.2, -0.15) is 0 Å². The van der Waals surface area contributed by atoms with Gasteiger partial charge in [0.2, 0.25) is 0 Å². The van der Waals surface area contributed by atoms with Crippen LogP contribution in [-0.4, -0.2) is 41.7 Å². The zero-order valence-electron chi connectivity index (χ0n) is 12.5. The summed E-state index contributed by atoms with van der Waals surface area (Å²) in [6.07, 6.45) is 6.78. The fourth-order valence-electron chi connectivity index (χ4n) is 2.78. The molecule has 1 fully saturated rings. The highest BCUT2D eigenvalue weighted by Gasteiger charge is 2.27. The maximum atomic E-state index is 11.8. The highest BCUT2D eigenvalue weighted by atomic mass is 16.5. The summed E-state index contributed by atoms with van der Waals surface area (Å²) >= 11 is 0. The summed E-state index contributed by atoms with van der Waals surface area (Å²) in [6.45, 7) is 2.21. The van der Waals surface area contributed by atoms with E-state index < -0.39 is 12.2 Å². The monoisotopic (exact) mass is 287 g/mol. The molecule has 0 radical (unpaired) electrons. The average Bonchev–Trinajstić information content (AvgIpc) is 2.47. The van der Waals surface area contributed by atoms with Gasteiger partial charge in [-0.1, -0.05) is 32.6 Å². The second kappa shape index (κ2) is 10.00. The highest BCUT2D eigenvalue weighted by molar-refractivity contribution is 5.67. The van der Waals surface area contributed by atoms with Gasteiger partial charge < -0.3 is 20.3 Å². The van der Waals surface area contributed by atoms with Crippen molar-refractivity contribution in [3.05, 3.63) is 0 Å². The second-order valence-electron chi connectivity index (χ2n) is 5.71. The zero-order valence-corrected chi connectivity index (χ0v) is 12.5. The van der Waals surface area contributed by atoms with E-state index in [9.17, 15) is 9.90 Å². The number of carbonyl (C=O) groups excluding carboxylic acids is 1. The Morgan fingerprint density at radius 3 is 2.65 bits per heavy atom. The molecule has 0 heterocycles. The molecule has 0 aromatic carbocycles. The molecule has 3 N–H and O–H groups in total. The van der Waals surface area contributed by atoms with Crippen molar-refractivity contribution >= 4 is 6.09 Å². The standard InChI is InChI=1S/C15H29NO4/c1-2-3-9-20-15(19)16-14(10-13(18)11-17)12-7-5-4-6-8-12/h12-14,17-18H,2-11H2,1H3,(H,16,19). The van der Waals surface area contributed by atoms with Gasteiger partial charge in [0.15, 0.2) is 0 Å². The fraction of sp³-hybridized carbons (Fsp3) is 0.933. The third-order valence-electron chi connectivity index (χ3n) is 3.99. The number of rotatable bonds is 8. The third kappa shape index (κ3) is 6.57. The number of amides is 1. The number of ether oxygens (including phenoxy) is 1. The van der Waals surface area contributed by atoms with Gasteiger partial charge in [0.05, 0.1) is 19.3 Å². The van der Waals surface area contributed by atoms with Crippen molar-refractivity contribution in [1.82, 2.24) is 5.32 Å². The average molecular weight is 287 g/mol. The summed E-state index contributed by atoms with van der Waals surface area (Å²) in [5, 5.41) is 21.5. The van der Waals surface area contributed by atoms with Crippen LogP contribution in [0.5, 0.6) is 0 Å². The van der Waals surface area contributed by atoms with E-state index >= 15 is 0 Å². The summed E-state index contributed by atoms with van der Waals surface area (Å²) in [5.74, 6) is 0.378. The quantitative estimate of drug-likeness (QED) is 0.598. The number of aliphatic hydroxyl groups excluding tert-OH is 2. The number of hydrogen-bond donors (Lipinski definition) is 3. The molecule has 0 aliphatic heterocycles. The van der Waals surface area contributed by atoms with Crippen LogP contribution in [0.15, 0.2) is 0 Å². The van der Waals surface area contributed by atoms with Crippen LogP contribution in [0.1, 0.15) is 58.3 Å². The fourth-order valence-corrected chi connectivity index (χ4v) is 2.78. The van der Waals surface area contributed by atoms with Gasteiger partial charge in [-0.25, -0.2) is 4.79 Å². The highest BCUT2D eigenvalue weighted by Crippen LogP contribution is 2.28. The minimum Gasteiger partial charge on any atom is -0.450 e. The lowest BCUT2D eigenvalue weighted by atomic mass is 9.82. The molecular weight excluding hydrogens is 258 g/mol. The van der Waals surface area contributed by atoms with Crippen LogP contribution in [0, 0.1) is 5.92 Å². The van der Waals surface area contributed by atoms with Crippen LogP contribution >= 0.6 is 0 Å². The van der Waals surface area contributed by atoms with Gasteiger partial charge in [-0.3, -0.25) is 0 Å². The van der Waals surface area contributed by atoms with Crippen molar-refractivity contribution in [3.8, 4) is 0 Å². The molecular formula is C15H29NO4. The number of hydrogen-bond acceptors (Lipinski definition) is 4. The van der Waals surface area contributed by atoms with E-state index in [1.165, 1.54) is 19.3 Å². The van der Waals surface area contributed by atoms with E-state index in [1.807, 2.05) is 6.92 Å². The predicted octanol–water partition coefficient (Wildman–Crippen LogP) is 2.20. The van der Waals surface area contributed by atoms with Gasteiger partial charge in [-0.05, 0) is 31.6 Å². The van der Waals surface area contributed by atoms with Crippen LogP contribution in [0.3, 0.4) is 0 Å². The molecule has 2 unspecified atom stereocenters. The molecule has 0 saturated heterocycles. The van der Waals surface area contributed by atoms with Crippen molar-refractivity contribution in [1.29, 1.82) is 0 Å². The van der Waals surface area contributed by atoms with Crippen LogP contribution in [-0.2, 0) is 4.74 Å². The Morgan fingerprint density at radius 2 is 2.05 bits per heavy atom. The van der Waals surface area contributed by atoms with Crippen molar-refractivity contribution < 1.29 is 19.7 Å². The van der Waals surface area contributed by atoms with Crippen LogP contribution in [0.2, 0.25) is 0 Å². The molecule has 2 atom stereocenters. The molecule has 118 valence electrons. The lowest BCUT2D eigenvalue weighted by Gasteiger charge is -2.31. The van der Waals surface area contributed by atoms with Crippen molar-refractivity contribution in [2.75, 3.05) is 13.2 Å². The van der Waals surface area contributed by atoms with E-state index in [-0.39, 0.29) is 12.6 Å². The molecule has 5 nitrogen and oxygen atoms in total. The minimum absolute atomic E-state index is 0.105. The Labute approximate surface area is 121 Å². The number of carbonyl (C=O) groups is 1. The van der Waals surface area contributed by atoms with Gasteiger partial charge in [0.1, 0.15) is 0 Å². The molecule has 0 spiro atoms. The summed E-state index contributed by atoms with van der Waals surface area (Å²) in [6, 6.07) is -0.105. The summed E-state index contributed by atoms with van der Waals surface area (Å²) < 4.78 is 5.12. The van der Waals surface area contributed by atoms with Crippen LogP contribution in [0.25, 0.3) is 0 Å². The molecule has 1 rings (SSSR count). The number of aliphatic hydroxyl groups is 2. The zero-order chi connectivity index (χ0) is 14.8. The van der Waals surface area contributed by atoms with E-state index in [1.54, 1.807) is 0 Å². The van der Waals surface area contributed by atoms with Crippen molar-refractivity contribution in [2.45, 2.75) is 70.4 Å². The molecule has 20 heavy (non-hydrogen) atoms. The maximum Gasteiger partial charge on any atom is 0.407 e. The molecule has 1 amide bonds. The molecule has 5 heteroatoms. The maximum absolute atomic E-state index is 11.8. The Bertz CT molecular complexity index is 267. The minimum atomic E-state index is -0.780. The molecule has 1 aliphatic carbocycles. The van der Waals surface area contributed by atoms with E-state index in [0.29, 0.717) is 18.9 Å². The summed E-state index contributed by atoms with van der Waals surface area (Å²) in [7, 11) is 0. The van der Waals surface area contributed by atoms with Crippen LogP contribution < -0.4 is 5.32 Å². The molecule has 0 aromatic heterocycles. The largest absolute Gasteiger partial charge is 0.450 e. The summed E-state index contributed by atoms with van der Waals surface area (Å²) in [5.41, 5.74) is 0. The number of alkyl carbamates (subject to hydrolysis) is 1. The number of nitrogens with one attached hydrogen (secondary N) is 1. The summed E-state index contributed by atoms with van der Waals surface area (Å²) in [4.78, 5) is 11.8. The first kappa shape index (κ1) is 17.2. The van der Waals surface area contributed by atoms with E-state index in [4.69, 9.17) is 9.84 Å². The lowest BCUT2D eigenvalue weighted by molar-refractivity contribution is 0.0653. The van der Waals surface area contributed by atoms with Gasteiger partial charge in [0, 0.05) is 6.04 Å². The van der Waals surface area contributed by atoms with Crippen LogP contribution in [0.4, 0.5) is 4.79 Å². The first-order valence-corrected chi connectivity index (χ1v) is 7.89. The lowest BCUT2D eigenvalue weighted by Crippen LogP contribution is -2.44. The Morgan fingerprint density at radius 1 is 1.35 bits per heavy atom. The van der Waals surface area contributed by atoms with Crippen molar-refractivity contribution in [2.24, 2.45) is 5.92 Å². The Balaban J connectivity index is 2.45. The van der Waals surface area contributed by atoms with Gasteiger partial charge >= 0.3 is 6.09 Å². The molecule has 1 aliphatic rings. The second-order valence-corrected chi connectivity index (χ2v) is 5.71. The van der Waals surface area contributed by atoms with E-state index in [2.05, 4.69) is 5.32 Å². The smallest absolute Gasteiger partial charge is 0.407 e. The number of unbranched alkanes of at least 4 members (excludes halogenated alkanes) is 1. The first-order chi connectivity index (χ1) is 9.67. The van der Waals surface area contributed by atoms with Gasteiger partial charge in [-0.15, -0.1) is 0 Å². The Kier molecular flexibility index (Phi) is 8.62. The SMILES string of the molecule is CCCCOC(=O)NC(CC(O)CO)C1CCCCC1. The predicted molar refractivity (Wildman–Crippen MR) is 77.5 cm³/mol. The van der Waals surface area contributed by atoms with Crippen molar-refractivity contribution in [3.63, 3.8) is 0 Å². The Hall–Kier alpha value is -0.810. The molecule has 1 saturated carbocycles. The topological polar surface area (TPSA) is 78.8 Å². The van der Waals surface area contributed by atoms with Gasteiger partial charge in [0.25, 0.3) is 0 Å². The molecule has 0 aromatic rings. The first-order valence-electron chi connectivity index (χ1n) is 7.89. The molecule has 0 bridgehead atoms.